The molecule has 1 aromatic heterocycles. The number of anilines is 3. The first-order valence-electron chi connectivity index (χ1n) is 7.64. The third-order valence-corrected chi connectivity index (χ3v) is 4.50. The molecule has 1 atom stereocenters. The van der Waals surface area contributed by atoms with Crippen LogP contribution in [0.3, 0.4) is 0 Å². The minimum Gasteiger partial charge on any atom is -0.368 e. The molecular weight excluding hydrogens is 252 g/mol. The lowest BCUT2D eigenvalue weighted by Crippen LogP contribution is -2.35. The number of rotatable bonds is 4. The molecule has 3 rings (SSSR count). The highest BCUT2D eigenvalue weighted by molar-refractivity contribution is 5.44. The van der Waals surface area contributed by atoms with Crippen molar-refractivity contribution in [2.45, 2.75) is 45.1 Å². The van der Waals surface area contributed by atoms with Gasteiger partial charge in [-0.3, -0.25) is 0 Å². The predicted molar refractivity (Wildman–Crippen MR) is 80.9 cm³/mol. The molecule has 0 amide bonds. The summed E-state index contributed by atoms with van der Waals surface area (Å²) in [6, 6.07) is 0.464. The number of nitrogens with zero attached hydrogens (tertiary/aromatic N) is 5. The molecule has 0 radical (unpaired) electrons. The Morgan fingerprint density at radius 2 is 1.85 bits per heavy atom. The van der Waals surface area contributed by atoms with Gasteiger partial charge in [0.15, 0.2) is 0 Å². The van der Waals surface area contributed by atoms with Crippen LogP contribution in [0.5, 0.6) is 0 Å². The van der Waals surface area contributed by atoms with Gasteiger partial charge in [-0.15, -0.1) is 0 Å². The highest BCUT2D eigenvalue weighted by atomic mass is 15.4. The van der Waals surface area contributed by atoms with Gasteiger partial charge in [0.25, 0.3) is 0 Å². The first-order valence-corrected chi connectivity index (χ1v) is 7.64. The van der Waals surface area contributed by atoms with Crippen LogP contribution in [0, 0.1) is 5.92 Å². The van der Waals surface area contributed by atoms with Gasteiger partial charge in [-0.25, -0.2) is 0 Å². The molecule has 0 spiro atoms. The average Bonchev–Trinajstić information content (AvgIpc) is 3.30. The second-order valence-corrected chi connectivity index (χ2v) is 6.03. The van der Waals surface area contributed by atoms with Gasteiger partial charge in [0.2, 0.25) is 17.8 Å². The molecule has 2 heterocycles. The largest absolute Gasteiger partial charge is 0.368 e. The molecule has 6 nitrogen and oxygen atoms in total. The van der Waals surface area contributed by atoms with Gasteiger partial charge in [0.1, 0.15) is 0 Å². The summed E-state index contributed by atoms with van der Waals surface area (Å²) in [5.74, 6) is 2.54. The molecule has 2 aliphatic rings. The fraction of sp³-hybridized carbons (Fsp3) is 0.786. The molecule has 1 aromatic rings. The van der Waals surface area contributed by atoms with Crippen molar-refractivity contribution in [1.82, 2.24) is 15.0 Å². The second-order valence-electron chi connectivity index (χ2n) is 6.03. The Kier molecular flexibility index (Phi) is 3.63. The monoisotopic (exact) mass is 276 g/mol. The Morgan fingerprint density at radius 1 is 1.15 bits per heavy atom. The van der Waals surface area contributed by atoms with Crippen LogP contribution in [0.4, 0.5) is 17.8 Å². The Bertz CT molecular complexity index is 467. The topological polar surface area (TPSA) is 71.2 Å². The van der Waals surface area contributed by atoms with E-state index in [0.717, 1.165) is 25.0 Å². The molecule has 0 aromatic carbocycles. The van der Waals surface area contributed by atoms with Gasteiger partial charge in [-0.1, -0.05) is 0 Å². The summed E-state index contributed by atoms with van der Waals surface area (Å²) in [7, 11) is 2.05. The van der Waals surface area contributed by atoms with Crippen molar-refractivity contribution in [3.63, 3.8) is 0 Å². The van der Waals surface area contributed by atoms with E-state index in [4.69, 9.17) is 5.73 Å². The van der Waals surface area contributed by atoms with Crippen molar-refractivity contribution in [2.24, 2.45) is 5.92 Å². The van der Waals surface area contributed by atoms with Crippen LogP contribution in [0.2, 0.25) is 0 Å². The van der Waals surface area contributed by atoms with Crippen molar-refractivity contribution < 1.29 is 0 Å². The molecule has 0 bridgehead atoms. The summed E-state index contributed by atoms with van der Waals surface area (Å²) in [6.45, 7) is 4.27. The van der Waals surface area contributed by atoms with Crippen molar-refractivity contribution in [2.75, 3.05) is 35.7 Å². The predicted octanol–water partition coefficient (Wildman–Crippen LogP) is 1.68. The van der Waals surface area contributed by atoms with E-state index in [2.05, 4.69) is 38.7 Å². The molecule has 1 saturated carbocycles. The number of hydrogen-bond donors (Lipinski definition) is 1. The maximum Gasteiger partial charge on any atom is 0.231 e. The molecular formula is C14H24N6. The Hall–Kier alpha value is -1.59. The van der Waals surface area contributed by atoms with Crippen molar-refractivity contribution >= 4 is 17.8 Å². The SMILES string of the molecule is CC(C1CC1)N(C)c1nc(N)nc(N2CCCCC2)n1. The minimum absolute atomic E-state index is 0.324. The van der Waals surface area contributed by atoms with E-state index in [9.17, 15) is 0 Å². The quantitative estimate of drug-likeness (QED) is 0.902. The number of hydrogen-bond acceptors (Lipinski definition) is 6. The summed E-state index contributed by atoms with van der Waals surface area (Å²) in [4.78, 5) is 17.6. The first kappa shape index (κ1) is 13.4. The van der Waals surface area contributed by atoms with Gasteiger partial charge >= 0.3 is 0 Å². The fourth-order valence-corrected chi connectivity index (χ4v) is 2.84. The highest BCUT2D eigenvalue weighted by Crippen LogP contribution is 2.35. The van der Waals surface area contributed by atoms with Gasteiger partial charge in [0, 0.05) is 26.2 Å². The maximum absolute atomic E-state index is 5.88. The zero-order valence-electron chi connectivity index (χ0n) is 12.4. The normalized spacial score (nSPS) is 20.8. The number of aromatic nitrogens is 3. The molecule has 2 fully saturated rings. The average molecular weight is 276 g/mol. The van der Waals surface area contributed by atoms with Crippen LogP contribution in [0.25, 0.3) is 0 Å². The zero-order valence-corrected chi connectivity index (χ0v) is 12.4. The number of nitrogens with two attached hydrogens (primary N) is 1. The standard InChI is InChI=1S/C14H24N6/c1-10(11-6-7-11)19(2)13-16-12(15)17-14(18-13)20-8-4-3-5-9-20/h10-11H,3-9H2,1-2H3,(H2,15,16,17,18). The van der Waals surface area contributed by atoms with E-state index in [1.807, 2.05) is 0 Å². The van der Waals surface area contributed by atoms with Gasteiger partial charge in [0.05, 0.1) is 0 Å². The van der Waals surface area contributed by atoms with Crippen LogP contribution in [-0.4, -0.2) is 41.1 Å². The van der Waals surface area contributed by atoms with E-state index in [-0.39, 0.29) is 0 Å². The molecule has 2 N–H and O–H groups in total. The zero-order chi connectivity index (χ0) is 14.1. The second kappa shape index (κ2) is 5.42. The molecule has 20 heavy (non-hydrogen) atoms. The van der Waals surface area contributed by atoms with Crippen LogP contribution >= 0.6 is 0 Å². The van der Waals surface area contributed by atoms with Crippen LogP contribution in [-0.2, 0) is 0 Å². The lowest BCUT2D eigenvalue weighted by molar-refractivity contribution is 0.563. The van der Waals surface area contributed by atoms with Gasteiger partial charge in [-0.2, -0.15) is 15.0 Å². The van der Waals surface area contributed by atoms with E-state index in [1.165, 1.54) is 32.1 Å². The highest BCUT2D eigenvalue weighted by Gasteiger charge is 2.32. The van der Waals surface area contributed by atoms with E-state index >= 15 is 0 Å². The lowest BCUT2D eigenvalue weighted by Gasteiger charge is -2.29. The smallest absolute Gasteiger partial charge is 0.231 e. The van der Waals surface area contributed by atoms with E-state index in [1.54, 1.807) is 0 Å². The Labute approximate surface area is 120 Å². The Balaban J connectivity index is 1.81. The summed E-state index contributed by atoms with van der Waals surface area (Å²) in [5, 5.41) is 0. The summed E-state index contributed by atoms with van der Waals surface area (Å²) < 4.78 is 0. The summed E-state index contributed by atoms with van der Waals surface area (Å²) in [5.41, 5.74) is 5.88. The molecule has 1 saturated heterocycles. The number of nitrogen functional groups attached to an aromatic ring is 1. The summed E-state index contributed by atoms with van der Waals surface area (Å²) >= 11 is 0. The molecule has 1 aliphatic carbocycles. The first-order chi connectivity index (χ1) is 9.65. The van der Waals surface area contributed by atoms with Crippen molar-refractivity contribution in [3.05, 3.63) is 0 Å². The van der Waals surface area contributed by atoms with Gasteiger partial charge in [-0.05, 0) is 44.9 Å². The molecule has 1 unspecified atom stereocenters. The third kappa shape index (κ3) is 2.78. The van der Waals surface area contributed by atoms with Crippen LogP contribution in [0.15, 0.2) is 0 Å². The van der Waals surface area contributed by atoms with E-state index in [0.29, 0.717) is 17.9 Å². The number of piperidine rings is 1. The maximum atomic E-state index is 5.88. The lowest BCUT2D eigenvalue weighted by atomic mass is 10.1. The molecule has 110 valence electrons. The van der Waals surface area contributed by atoms with E-state index < -0.39 is 0 Å². The van der Waals surface area contributed by atoms with Crippen LogP contribution < -0.4 is 15.5 Å². The minimum atomic E-state index is 0.324. The third-order valence-electron chi connectivity index (χ3n) is 4.50. The fourth-order valence-electron chi connectivity index (χ4n) is 2.84. The summed E-state index contributed by atoms with van der Waals surface area (Å²) in [6.07, 6.45) is 6.32. The van der Waals surface area contributed by atoms with Crippen LogP contribution in [0.1, 0.15) is 39.0 Å². The molecule has 6 heteroatoms. The van der Waals surface area contributed by atoms with Crippen molar-refractivity contribution in [1.29, 1.82) is 0 Å². The van der Waals surface area contributed by atoms with Gasteiger partial charge < -0.3 is 15.5 Å². The Morgan fingerprint density at radius 3 is 2.50 bits per heavy atom. The molecule has 1 aliphatic heterocycles. The van der Waals surface area contributed by atoms with Crippen molar-refractivity contribution in [3.8, 4) is 0 Å².